The average molecular weight is 488 g/mol. The number of aryl methyl sites for hydroxylation is 1. The van der Waals surface area contributed by atoms with E-state index in [1.807, 2.05) is 13.1 Å². The second-order valence-electron chi connectivity index (χ2n) is 6.13. The zero-order valence-electron chi connectivity index (χ0n) is 15.0. The van der Waals surface area contributed by atoms with Gasteiger partial charge in [-0.05, 0) is 34.1 Å². The molecule has 0 atom stereocenters. The van der Waals surface area contributed by atoms with Gasteiger partial charge < -0.3 is 10.6 Å². The van der Waals surface area contributed by atoms with Crippen LogP contribution in [-0.2, 0) is 22.8 Å². The van der Waals surface area contributed by atoms with Crippen molar-refractivity contribution in [3.05, 3.63) is 16.1 Å². The highest BCUT2D eigenvalue weighted by atomic mass is 127. The van der Waals surface area contributed by atoms with Crippen molar-refractivity contribution in [1.29, 1.82) is 0 Å². The van der Waals surface area contributed by atoms with E-state index in [9.17, 15) is 8.42 Å². The molecule has 1 aromatic heterocycles. The van der Waals surface area contributed by atoms with Gasteiger partial charge in [0.1, 0.15) is 5.01 Å². The van der Waals surface area contributed by atoms with Crippen molar-refractivity contribution < 1.29 is 8.42 Å². The molecule has 0 aliphatic heterocycles. The molecule has 0 saturated heterocycles. The van der Waals surface area contributed by atoms with Crippen molar-refractivity contribution in [2.45, 2.75) is 52.3 Å². The van der Waals surface area contributed by atoms with Gasteiger partial charge in [-0.25, -0.2) is 18.4 Å². The fraction of sp³-hybridized carbons (Fsp3) is 0.733. The molecule has 0 unspecified atom stereocenters. The van der Waals surface area contributed by atoms with Crippen molar-refractivity contribution in [2.24, 2.45) is 4.99 Å². The third-order valence-corrected chi connectivity index (χ3v) is 7.00. The summed E-state index contributed by atoms with van der Waals surface area (Å²) in [5.41, 5.74) is 0. The monoisotopic (exact) mass is 488 g/mol. The Bertz CT molecular complexity index is 622. The first-order valence-corrected chi connectivity index (χ1v) is 10.3. The van der Waals surface area contributed by atoms with Gasteiger partial charge in [-0.2, -0.15) is 0 Å². The quantitative estimate of drug-likeness (QED) is 0.350. The first-order chi connectivity index (χ1) is 10.7. The average Bonchev–Trinajstić information content (AvgIpc) is 2.91. The molecule has 0 bridgehead atoms. The molecule has 0 aromatic carbocycles. The summed E-state index contributed by atoms with van der Waals surface area (Å²) >= 11 is 1.65. The van der Waals surface area contributed by atoms with E-state index in [2.05, 4.69) is 27.5 Å². The Balaban J connectivity index is 0.00000529. The summed E-state index contributed by atoms with van der Waals surface area (Å²) in [6.07, 6.45) is 2.86. The van der Waals surface area contributed by atoms with Crippen molar-refractivity contribution in [3.8, 4) is 0 Å². The minimum atomic E-state index is -3.13. The van der Waals surface area contributed by atoms with Gasteiger partial charge in [0.15, 0.2) is 15.8 Å². The lowest BCUT2D eigenvalue weighted by molar-refractivity contribution is 0.559. The Morgan fingerprint density at radius 3 is 2.46 bits per heavy atom. The SMILES string of the molecule is CCNC(=NCc1ncc(CC)s1)NCCS(=O)(=O)C(C)(C)C.I. The molecular formula is C15H29IN4O2S2. The number of rotatable bonds is 7. The zero-order valence-corrected chi connectivity index (χ0v) is 19.0. The third-order valence-electron chi connectivity index (χ3n) is 3.26. The Labute approximate surface area is 166 Å². The van der Waals surface area contributed by atoms with Gasteiger partial charge in [-0.3, -0.25) is 0 Å². The minimum absolute atomic E-state index is 0. The Kier molecular flexibility index (Phi) is 10.4. The smallest absolute Gasteiger partial charge is 0.191 e. The maximum Gasteiger partial charge on any atom is 0.191 e. The van der Waals surface area contributed by atoms with Gasteiger partial charge >= 0.3 is 0 Å². The Morgan fingerprint density at radius 2 is 1.96 bits per heavy atom. The largest absolute Gasteiger partial charge is 0.357 e. The third kappa shape index (κ3) is 7.64. The van der Waals surface area contributed by atoms with Crippen LogP contribution in [0.15, 0.2) is 11.2 Å². The highest BCUT2D eigenvalue weighted by Gasteiger charge is 2.28. The van der Waals surface area contributed by atoms with E-state index >= 15 is 0 Å². The second-order valence-corrected chi connectivity index (χ2v) is 10.2. The highest BCUT2D eigenvalue weighted by molar-refractivity contribution is 14.0. The summed E-state index contributed by atoms with van der Waals surface area (Å²) in [4.78, 5) is 10.0. The Hall–Kier alpha value is -0.420. The molecule has 0 radical (unpaired) electrons. The van der Waals surface area contributed by atoms with E-state index in [1.54, 1.807) is 32.1 Å². The number of guanidine groups is 1. The summed E-state index contributed by atoms with van der Waals surface area (Å²) < 4.78 is 23.5. The zero-order chi connectivity index (χ0) is 17.5. The van der Waals surface area contributed by atoms with Crippen LogP contribution in [0.3, 0.4) is 0 Å². The maximum atomic E-state index is 12.1. The second kappa shape index (κ2) is 10.5. The number of hydrogen-bond donors (Lipinski definition) is 2. The van der Waals surface area contributed by atoms with E-state index in [0.717, 1.165) is 18.0 Å². The van der Waals surface area contributed by atoms with Crippen molar-refractivity contribution in [3.63, 3.8) is 0 Å². The van der Waals surface area contributed by atoms with Crippen LogP contribution in [-0.4, -0.2) is 43.0 Å². The van der Waals surface area contributed by atoms with Crippen LogP contribution in [0.4, 0.5) is 0 Å². The van der Waals surface area contributed by atoms with E-state index in [4.69, 9.17) is 0 Å². The fourth-order valence-corrected chi connectivity index (χ4v) is 3.45. The van der Waals surface area contributed by atoms with Gasteiger partial charge in [-0.15, -0.1) is 35.3 Å². The molecule has 0 fully saturated rings. The molecule has 1 rings (SSSR count). The predicted molar refractivity (Wildman–Crippen MR) is 113 cm³/mol. The number of halogens is 1. The molecule has 0 spiro atoms. The van der Waals surface area contributed by atoms with Crippen molar-refractivity contribution >= 4 is 51.1 Å². The Morgan fingerprint density at radius 1 is 1.29 bits per heavy atom. The first kappa shape index (κ1) is 23.6. The van der Waals surface area contributed by atoms with Crippen LogP contribution in [0.2, 0.25) is 0 Å². The van der Waals surface area contributed by atoms with Gasteiger partial charge in [0.2, 0.25) is 0 Å². The summed E-state index contributed by atoms with van der Waals surface area (Å²) in [7, 11) is -3.13. The summed E-state index contributed by atoms with van der Waals surface area (Å²) in [6.45, 7) is 10.8. The topological polar surface area (TPSA) is 83.4 Å². The van der Waals surface area contributed by atoms with E-state index in [0.29, 0.717) is 19.0 Å². The summed E-state index contributed by atoms with van der Waals surface area (Å²) in [5.74, 6) is 0.697. The minimum Gasteiger partial charge on any atom is -0.357 e. The molecule has 0 aliphatic carbocycles. The molecule has 0 aliphatic rings. The predicted octanol–water partition coefficient (Wildman–Crippen LogP) is 2.59. The first-order valence-electron chi connectivity index (χ1n) is 7.87. The number of sulfone groups is 1. The molecule has 24 heavy (non-hydrogen) atoms. The number of nitrogens with one attached hydrogen (secondary N) is 2. The molecule has 9 heteroatoms. The van der Waals surface area contributed by atoms with E-state index < -0.39 is 14.6 Å². The lowest BCUT2D eigenvalue weighted by Gasteiger charge is -2.19. The van der Waals surface area contributed by atoms with Gasteiger partial charge in [0.05, 0.1) is 17.0 Å². The van der Waals surface area contributed by atoms with Crippen LogP contribution < -0.4 is 10.6 Å². The number of thiazole rings is 1. The lowest BCUT2D eigenvalue weighted by Crippen LogP contribution is -2.41. The molecule has 2 N–H and O–H groups in total. The normalized spacial score (nSPS) is 12.6. The van der Waals surface area contributed by atoms with Gasteiger partial charge in [0.25, 0.3) is 0 Å². The summed E-state index contributed by atoms with van der Waals surface area (Å²) in [6, 6.07) is 0. The van der Waals surface area contributed by atoms with Crippen LogP contribution >= 0.6 is 35.3 Å². The van der Waals surface area contributed by atoms with Crippen LogP contribution in [0.5, 0.6) is 0 Å². The standard InChI is InChI=1S/C15H28N4O2S2.HI/c1-6-12-10-18-13(22-12)11-19-14(16-7-2)17-8-9-23(20,21)15(3,4)5;/h10H,6-9,11H2,1-5H3,(H2,16,17,19);1H. The number of nitrogens with zero attached hydrogens (tertiary/aromatic N) is 2. The van der Waals surface area contributed by atoms with Crippen molar-refractivity contribution in [2.75, 3.05) is 18.8 Å². The highest BCUT2D eigenvalue weighted by Crippen LogP contribution is 2.15. The fourth-order valence-electron chi connectivity index (χ4n) is 1.68. The summed E-state index contributed by atoms with van der Waals surface area (Å²) in [5, 5.41) is 7.16. The molecule has 1 heterocycles. The molecule has 6 nitrogen and oxygen atoms in total. The molecule has 1 aromatic rings. The number of aromatic nitrogens is 1. The van der Waals surface area contributed by atoms with Crippen molar-refractivity contribution in [1.82, 2.24) is 15.6 Å². The van der Waals surface area contributed by atoms with Gasteiger partial charge in [0, 0.05) is 24.2 Å². The van der Waals surface area contributed by atoms with E-state index in [1.165, 1.54) is 4.88 Å². The lowest BCUT2D eigenvalue weighted by atomic mass is 10.3. The molecular weight excluding hydrogens is 459 g/mol. The van der Waals surface area contributed by atoms with Gasteiger partial charge in [-0.1, -0.05) is 6.92 Å². The molecule has 0 saturated carbocycles. The maximum absolute atomic E-state index is 12.1. The van der Waals surface area contributed by atoms with Crippen LogP contribution in [0.25, 0.3) is 0 Å². The number of hydrogen-bond acceptors (Lipinski definition) is 5. The van der Waals surface area contributed by atoms with Crippen LogP contribution in [0.1, 0.15) is 44.5 Å². The molecule has 0 amide bonds. The molecule has 140 valence electrons. The van der Waals surface area contributed by atoms with Crippen LogP contribution in [0, 0.1) is 0 Å². The van der Waals surface area contributed by atoms with E-state index in [-0.39, 0.29) is 29.7 Å². The number of aliphatic imine (C=N–C) groups is 1.